The van der Waals surface area contributed by atoms with Crippen LogP contribution in [-0.4, -0.2) is 10.8 Å². The molecule has 0 amide bonds. The smallest absolute Gasteiger partial charge is 0.116 e. The van der Waals surface area contributed by atoms with Gasteiger partial charge in [0.25, 0.3) is 0 Å². The molecule has 0 aliphatic rings. The third-order valence-electron chi connectivity index (χ3n) is 2.40. The van der Waals surface area contributed by atoms with Gasteiger partial charge >= 0.3 is 0 Å². The maximum atomic E-state index is 9.69. The highest BCUT2D eigenvalue weighted by atomic mass is 16.3. The van der Waals surface area contributed by atoms with Crippen LogP contribution in [0.3, 0.4) is 0 Å². The van der Waals surface area contributed by atoms with Crippen molar-refractivity contribution in [3.05, 3.63) is 0 Å². The van der Waals surface area contributed by atoms with Crippen LogP contribution in [0.4, 0.5) is 0 Å². The van der Waals surface area contributed by atoms with E-state index in [4.69, 9.17) is 5.73 Å². The summed E-state index contributed by atoms with van der Waals surface area (Å²) < 4.78 is 0. The van der Waals surface area contributed by atoms with Gasteiger partial charge in [0.1, 0.15) is 5.72 Å². The topological polar surface area (TPSA) is 46.2 Å². The fourth-order valence-electron chi connectivity index (χ4n) is 1.44. The summed E-state index contributed by atoms with van der Waals surface area (Å²) in [6.07, 6.45) is 3.73. The molecule has 0 spiro atoms. The second-order valence-electron chi connectivity index (χ2n) is 3.24. The van der Waals surface area contributed by atoms with Crippen LogP contribution in [0.5, 0.6) is 0 Å². The van der Waals surface area contributed by atoms with Crippen LogP contribution in [-0.2, 0) is 0 Å². The van der Waals surface area contributed by atoms with Crippen molar-refractivity contribution in [1.82, 2.24) is 0 Å². The zero-order valence-corrected chi connectivity index (χ0v) is 7.93. The van der Waals surface area contributed by atoms with Crippen LogP contribution in [0.2, 0.25) is 0 Å². The molecule has 0 bridgehead atoms. The van der Waals surface area contributed by atoms with Crippen molar-refractivity contribution in [3.63, 3.8) is 0 Å². The van der Waals surface area contributed by atoms with Crippen molar-refractivity contribution < 1.29 is 5.11 Å². The molecule has 0 rings (SSSR count). The lowest BCUT2D eigenvalue weighted by molar-refractivity contribution is -0.0219. The molecule has 0 saturated heterocycles. The minimum Gasteiger partial charge on any atom is -0.376 e. The van der Waals surface area contributed by atoms with Crippen LogP contribution in [0.1, 0.15) is 46.5 Å². The molecule has 0 saturated carbocycles. The third-order valence-corrected chi connectivity index (χ3v) is 2.40. The molecule has 3 N–H and O–H groups in total. The first-order valence-corrected chi connectivity index (χ1v) is 4.59. The molecular formula is C9H21NO. The third kappa shape index (κ3) is 3.21. The van der Waals surface area contributed by atoms with Crippen LogP contribution in [0.15, 0.2) is 0 Å². The summed E-state index contributed by atoms with van der Waals surface area (Å²) in [7, 11) is 0. The summed E-state index contributed by atoms with van der Waals surface area (Å²) in [5.74, 6) is 0.262. The summed E-state index contributed by atoms with van der Waals surface area (Å²) in [6.45, 7) is 6.13. The van der Waals surface area contributed by atoms with E-state index >= 15 is 0 Å². The van der Waals surface area contributed by atoms with Gasteiger partial charge in [-0.15, -0.1) is 0 Å². The zero-order valence-electron chi connectivity index (χ0n) is 7.93. The van der Waals surface area contributed by atoms with Crippen molar-refractivity contribution >= 4 is 0 Å². The van der Waals surface area contributed by atoms with E-state index in [0.29, 0.717) is 6.42 Å². The lowest BCUT2D eigenvalue weighted by Gasteiger charge is -2.30. The van der Waals surface area contributed by atoms with E-state index < -0.39 is 5.72 Å². The lowest BCUT2D eigenvalue weighted by Crippen LogP contribution is -2.46. The predicted octanol–water partition coefficient (Wildman–Crippen LogP) is 1.87. The minimum atomic E-state index is -0.940. The van der Waals surface area contributed by atoms with Crippen LogP contribution in [0.25, 0.3) is 0 Å². The Morgan fingerprint density at radius 1 is 1.36 bits per heavy atom. The first-order valence-electron chi connectivity index (χ1n) is 4.59. The zero-order chi connectivity index (χ0) is 8.91. The van der Waals surface area contributed by atoms with E-state index in [-0.39, 0.29) is 5.92 Å². The largest absolute Gasteiger partial charge is 0.376 e. The lowest BCUT2D eigenvalue weighted by atomic mass is 9.88. The molecule has 0 aliphatic heterocycles. The highest BCUT2D eigenvalue weighted by Crippen LogP contribution is 2.23. The standard InChI is InChI=1S/C9H21NO/c1-4-7-8(5-2)9(10,11)6-3/h8,11H,4-7,10H2,1-3H3. The average molecular weight is 159 g/mol. The van der Waals surface area contributed by atoms with Crippen LogP contribution >= 0.6 is 0 Å². The van der Waals surface area contributed by atoms with E-state index in [1.165, 1.54) is 0 Å². The van der Waals surface area contributed by atoms with Gasteiger partial charge in [0, 0.05) is 5.92 Å². The van der Waals surface area contributed by atoms with Crippen molar-refractivity contribution in [3.8, 4) is 0 Å². The Labute approximate surface area is 69.8 Å². The highest BCUT2D eigenvalue weighted by molar-refractivity contribution is 4.77. The Morgan fingerprint density at radius 2 is 1.91 bits per heavy atom. The Morgan fingerprint density at radius 3 is 2.18 bits per heavy atom. The van der Waals surface area contributed by atoms with Gasteiger partial charge in [-0.3, -0.25) is 0 Å². The summed E-state index contributed by atoms with van der Waals surface area (Å²) in [5.41, 5.74) is 4.77. The maximum Gasteiger partial charge on any atom is 0.116 e. The Hall–Kier alpha value is -0.0800. The predicted molar refractivity (Wildman–Crippen MR) is 48.1 cm³/mol. The van der Waals surface area contributed by atoms with Gasteiger partial charge in [0.2, 0.25) is 0 Å². The second kappa shape index (κ2) is 4.73. The fraction of sp³-hybridized carbons (Fsp3) is 1.00. The molecule has 68 valence electrons. The van der Waals surface area contributed by atoms with Gasteiger partial charge in [-0.2, -0.15) is 0 Å². The summed E-state index contributed by atoms with van der Waals surface area (Å²) in [4.78, 5) is 0. The minimum absolute atomic E-state index is 0.262. The maximum absolute atomic E-state index is 9.69. The first-order chi connectivity index (χ1) is 5.08. The number of hydrogen-bond acceptors (Lipinski definition) is 2. The van der Waals surface area contributed by atoms with E-state index in [9.17, 15) is 5.11 Å². The number of aliphatic hydroxyl groups is 1. The molecule has 0 heterocycles. The monoisotopic (exact) mass is 159 g/mol. The van der Waals surface area contributed by atoms with Crippen LogP contribution in [0, 0.1) is 5.92 Å². The Balaban J connectivity index is 3.99. The van der Waals surface area contributed by atoms with E-state index in [1.807, 2.05) is 6.92 Å². The Kier molecular flexibility index (Phi) is 4.69. The van der Waals surface area contributed by atoms with E-state index in [0.717, 1.165) is 19.3 Å². The molecule has 0 aromatic rings. The van der Waals surface area contributed by atoms with Crippen molar-refractivity contribution in [2.45, 2.75) is 52.2 Å². The molecule has 0 aromatic heterocycles. The first kappa shape index (κ1) is 10.9. The normalized spacial score (nSPS) is 19.4. The highest BCUT2D eigenvalue weighted by Gasteiger charge is 2.27. The number of rotatable bonds is 5. The molecule has 2 heteroatoms. The van der Waals surface area contributed by atoms with Gasteiger partial charge in [-0.25, -0.2) is 0 Å². The molecule has 2 unspecified atom stereocenters. The molecule has 0 radical (unpaired) electrons. The summed E-state index contributed by atoms with van der Waals surface area (Å²) >= 11 is 0. The number of nitrogens with two attached hydrogens (primary N) is 1. The van der Waals surface area contributed by atoms with Gasteiger partial charge in [0.05, 0.1) is 0 Å². The molecule has 2 atom stereocenters. The fourth-order valence-corrected chi connectivity index (χ4v) is 1.44. The molecule has 2 nitrogen and oxygen atoms in total. The average Bonchev–Trinajstić information content (AvgIpc) is 2.00. The molecular weight excluding hydrogens is 138 g/mol. The molecule has 0 aliphatic carbocycles. The molecule has 0 fully saturated rings. The van der Waals surface area contributed by atoms with Gasteiger partial charge in [0.15, 0.2) is 0 Å². The number of hydrogen-bond donors (Lipinski definition) is 2. The van der Waals surface area contributed by atoms with Crippen molar-refractivity contribution in [1.29, 1.82) is 0 Å². The van der Waals surface area contributed by atoms with Gasteiger partial charge in [-0.05, 0) is 19.3 Å². The molecule has 0 aromatic carbocycles. The van der Waals surface area contributed by atoms with E-state index in [2.05, 4.69) is 13.8 Å². The van der Waals surface area contributed by atoms with Gasteiger partial charge < -0.3 is 10.8 Å². The van der Waals surface area contributed by atoms with E-state index in [1.54, 1.807) is 0 Å². The quantitative estimate of drug-likeness (QED) is 0.601. The summed E-state index contributed by atoms with van der Waals surface area (Å²) in [5, 5.41) is 9.69. The SMILES string of the molecule is CCCC(CC)C(N)(O)CC. The second-order valence-corrected chi connectivity index (χ2v) is 3.24. The molecule has 11 heavy (non-hydrogen) atoms. The van der Waals surface area contributed by atoms with Gasteiger partial charge in [-0.1, -0.05) is 27.2 Å². The van der Waals surface area contributed by atoms with Crippen molar-refractivity contribution in [2.75, 3.05) is 0 Å². The summed E-state index contributed by atoms with van der Waals surface area (Å²) in [6, 6.07) is 0. The Bertz CT molecular complexity index is 102. The van der Waals surface area contributed by atoms with Crippen LogP contribution < -0.4 is 5.73 Å². The van der Waals surface area contributed by atoms with Crippen molar-refractivity contribution in [2.24, 2.45) is 11.7 Å².